The molecule has 1 aromatic carbocycles. The highest BCUT2D eigenvalue weighted by Gasteiger charge is 2.29. The predicted octanol–water partition coefficient (Wildman–Crippen LogP) is 3.00. The molecule has 0 radical (unpaired) electrons. The molecule has 0 saturated heterocycles. The molecule has 2 rings (SSSR count). The van der Waals surface area contributed by atoms with Gasteiger partial charge < -0.3 is 15.2 Å². The summed E-state index contributed by atoms with van der Waals surface area (Å²) in [6.07, 6.45) is 5.28. The highest BCUT2D eigenvalue weighted by molar-refractivity contribution is 5.76. The molecule has 122 valence electrons. The van der Waals surface area contributed by atoms with Crippen LogP contribution in [0.25, 0.3) is 0 Å². The number of hydrogen-bond donors (Lipinski definition) is 2. The highest BCUT2D eigenvalue weighted by Crippen LogP contribution is 2.27. The summed E-state index contributed by atoms with van der Waals surface area (Å²) in [5.74, 6) is 0.923. The first kappa shape index (κ1) is 16.8. The number of amides is 1. The van der Waals surface area contributed by atoms with Crippen molar-refractivity contribution in [1.82, 2.24) is 5.32 Å². The molecule has 0 bridgehead atoms. The summed E-state index contributed by atoms with van der Waals surface area (Å²) >= 11 is 0. The van der Waals surface area contributed by atoms with Crippen molar-refractivity contribution in [2.75, 3.05) is 13.7 Å². The fourth-order valence-corrected chi connectivity index (χ4v) is 3.07. The lowest BCUT2D eigenvalue weighted by molar-refractivity contribution is -0.123. The molecule has 1 fully saturated rings. The average Bonchev–Trinajstić information content (AvgIpc) is 2.54. The van der Waals surface area contributed by atoms with Crippen LogP contribution in [0.1, 0.15) is 56.9 Å². The summed E-state index contributed by atoms with van der Waals surface area (Å²) in [5.41, 5.74) is 0.388. The molecule has 4 heteroatoms. The molecule has 2 N–H and O–H groups in total. The Kier molecular flexibility index (Phi) is 5.83. The second-order valence-corrected chi connectivity index (χ2v) is 6.44. The van der Waals surface area contributed by atoms with Crippen molar-refractivity contribution in [3.63, 3.8) is 0 Å². The van der Waals surface area contributed by atoms with Gasteiger partial charge in [-0.1, -0.05) is 38.3 Å². The van der Waals surface area contributed by atoms with E-state index < -0.39 is 5.60 Å². The zero-order chi connectivity index (χ0) is 16.0. The molecule has 0 spiro atoms. The van der Waals surface area contributed by atoms with E-state index in [-0.39, 0.29) is 11.8 Å². The Morgan fingerprint density at radius 3 is 2.77 bits per heavy atom. The number of methoxy groups -OCH3 is 1. The van der Waals surface area contributed by atoms with Crippen LogP contribution >= 0.6 is 0 Å². The topological polar surface area (TPSA) is 58.6 Å². The molecular formula is C18H27NO3. The lowest BCUT2D eigenvalue weighted by Gasteiger charge is -2.32. The molecule has 1 unspecified atom stereocenters. The van der Waals surface area contributed by atoms with Crippen LogP contribution in [-0.4, -0.2) is 30.3 Å². The van der Waals surface area contributed by atoms with Crippen LogP contribution in [-0.2, 0) is 4.79 Å². The van der Waals surface area contributed by atoms with Gasteiger partial charge in [0.1, 0.15) is 5.75 Å². The lowest BCUT2D eigenvalue weighted by atomic mass is 9.85. The number of benzene rings is 1. The van der Waals surface area contributed by atoms with Crippen LogP contribution in [0, 0.1) is 0 Å². The molecule has 4 nitrogen and oxygen atoms in total. The second-order valence-electron chi connectivity index (χ2n) is 6.44. The minimum Gasteiger partial charge on any atom is -0.497 e. The van der Waals surface area contributed by atoms with Crippen molar-refractivity contribution in [1.29, 1.82) is 0 Å². The Balaban J connectivity index is 1.83. The van der Waals surface area contributed by atoms with Gasteiger partial charge in [0, 0.05) is 13.0 Å². The number of carbonyl (C=O) groups excluding carboxylic acids is 1. The maximum atomic E-state index is 12.1. The summed E-state index contributed by atoms with van der Waals surface area (Å²) in [5, 5.41) is 13.3. The van der Waals surface area contributed by atoms with Crippen LogP contribution in [0.4, 0.5) is 0 Å². The SMILES string of the molecule is COc1cccc(C(C)CC(=O)NCC2(O)CCCCC2)c1. The Bertz CT molecular complexity index is 495. The van der Waals surface area contributed by atoms with Gasteiger partial charge in [-0.15, -0.1) is 0 Å². The van der Waals surface area contributed by atoms with Crippen LogP contribution in [0.2, 0.25) is 0 Å². The third-order valence-electron chi connectivity index (χ3n) is 4.55. The smallest absolute Gasteiger partial charge is 0.220 e. The summed E-state index contributed by atoms with van der Waals surface area (Å²) < 4.78 is 5.22. The Hall–Kier alpha value is -1.55. The van der Waals surface area contributed by atoms with Crippen molar-refractivity contribution in [2.45, 2.75) is 57.0 Å². The first-order chi connectivity index (χ1) is 10.5. The third-order valence-corrected chi connectivity index (χ3v) is 4.55. The molecule has 0 aromatic heterocycles. The Morgan fingerprint density at radius 2 is 2.09 bits per heavy atom. The fraction of sp³-hybridized carbons (Fsp3) is 0.611. The van der Waals surface area contributed by atoms with Gasteiger partial charge in [-0.2, -0.15) is 0 Å². The first-order valence-corrected chi connectivity index (χ1v) is 8.15. The van der Waals surface area contributed by atoms with Gasteiger partial charge in [0.05, 0.1) is 12.7 Å². The molecule has 1 amide bonds. The van der Waals surface area contributed by atoms with Crippen LogP contribution in [0.5, 0.6) is 5.75 Å². The standard InChI is InChI=1S/C18H27NO3/c1-14(15-7-6-8-16(12-15)22-2)11-17(20)19-13-18(21)9-4-3-5-10-18/h6-8,12,14,21H,3-5,9-11,13H2,1-2H3,(H,19,20). The number of aliphatic hydroxyl groups is 1. The number of nitrogens with one attached hydrogen (secondary N) is 1. The molecule has 1 aromatic rings. The quantitative estimate of drug-likeness (QED) is 0.849. The number of carbonyl (C=O) groups is 1. The van der Waals surface area contributed by atoms with Crippen molar-refractivity contribution in [2.24, 2.45) is 0 Å². The first-order valence-electron chi connectivity index (χ1n) is 8.15. The lowest BCUT2D eigenvalue weighted by Crippen LogP contribution is -2.44. The van der Waals surface area contributed by atoms with E-state index in [1.807, 2.05) is 31.2 Å². The number of rotatable bonds is 6. The van der Waals surface area contributed by atoms with E-state index in [2.05, 4.69) is 5.32 Å². The van der Waals surface area contributed by atoms with Crippen molar-refractivity contribution in [3.05, 3.63) is 29.8 Å². The fourth-order valence-electron chi connectivity index (χ4n) is 3.07. The molecule has 0 aliphatic heterocycles. The monoisotopic (exact) mass is 305 g/mol. The second kappa shape index (κ2) is 7.63. The van der Waals surface area contributed by atoms with Crippen molar-refractivity contribution in [3.8, 4) is 5.75 Å². The maximum absolute atomic E-state index is 12.1. The van der Waals surface area contributed by atoms with E-state index in [0.717, 1.165) is 37.0 Å². The summed E-state index contributed by atoms with van der Waals surface area (Å²) in [6, 6.07) is 7.81. The van der Waals surface area contributed by atoms with E-state index in [9.17, 15) is 9.90 Å². The Morgan fingerprint density at radius 1 is 1.36 bits per heavy atom. The van der Waals surface area contributed by atoms with Crippen LogP contribution in [0.3, 0.4) is 0 Å². The zero-order valence-corrected chi connectivity index (χ0v) is 13.6. The minimum absolute atomic E-state index is 0.00526. The van der Waals surface area contributed by atoms with Crippen LogP contribution < -0.4 is 10.1 Å². The van der Waals surface area contributed by atoms with E-state index in [1.54, 1.807) is 7.11 Å². The molecule has 1 saturated carbocycles. The molecule has 22 heavy (non-hydrogen) atoms. The minimum atomic E-state index is -0.701. The summed E-state index contributed by atoms with van der Waals surface area (Å²) in [6.45, 7) is 2.40. The van der Waals surface area contributed by atoms with Gasteiger partial charge in [-0.25, -0.2) is 0 Å². The number of hydrogen-bond acceptors (Lipinski definition) is 3. The average molecular weight is 305 g/mol. The van der Waals surface area contributed by atoms with Gasteiger partial charge in [0.25, 0.3) is 0 Å². The largest absolute Gasteiger partial charge is 0.497 e. The molecule has 1 aliphatic carbocycles. The predicted molar refractivity (Wildman–Crippen MR) is 87.1 cm³/mol. The third kappa shape index (κ3) is 4.73. The molecule has 1 aliphatic rings. The zero-order valence-electron chi connectivity index (χ0n) is 13.6. The normalized spacial score (nSPS) is 18.5. The van der Waals surface area contributed by atoms with E-state index in [0.29, 0.717) is 13.0 Å². The van der Waals surface area contributed by atoms with E-state index in [1.165, 1.54) is 6.42 Å². The molecule has 1 atom stereocenters. The Labute approximate surface area is 132 Å². The van der Waals surface area contributed by atoms with Gasteiger partial charge in [0.15, 0.2) is 0 Å². The van der Waals surface area contributed by atoms with Gasteiger partial charge >= 0.3 is 0 Å². The molecular weight excluding hydrogens is 278 g/mol. The van der Waals surface area contributed by atoms with Crippen molar-refractivity contribution < 1.29 is 14.6 Å². The van der Waals surface area contributed by atoms with Gasteiger partial charge in [-0.05, 0) is 36.5 Å². The number of ether oxygens (including phenoxy) is 1. The molecule has 0 heterocycles. The van der Waals surface area contributed by atoms with E-state index >= 15 is 0 Å². The summed E-state index contributed by atoms with van der Waals surface area (Å²) in [4.78, 5) is 12.1. The summed E-state index contributed by atoms with van der Waals surface area (Å²) in [7, 11) is 1.64. The highest BCUT2D eigenvalue weighted by atomic mass is 16.5. The van der Waals surface area contributed by atoms with Gasteiger partial charge in [-0.3, -0.25) is 4.79 Å². The van der Waals surface area contributed by atoms with E-state index in [4.69, 9.17) is 4.74 Å². The van der Waals surface area contributed by atoms with Crippen molar-refractivity contribution >= 4 is 5.91 Å². The maximum Gasteiger partial charge on any atom is 0.220 e. The van der Waals surface area contributed by atoms with Crippen LogP contribution in [0.15, 0.2) is 24.3 Å². The van der Waals surface area contributed by atoms with Gasteiger partial charge in [0.2, 0.25) is 5.91 Å².